The molecule has 0 saturated heterocycles. The molecule has 0 aliphatic rings. The van der Waals surface area contributed by atoms with Crippen molar-refractivity contribution in [3.8, 4) is 0 Å². The van der Waals surface area contributed by atoms with E-state index in [2.05, 4.69) is 16.5 Å². The summed E-state index contributed by atoms with van der Waals surface area (Å²) in [6.07, 6.45) is 1.67. The lowest BCUT2D eigenvalue weighted by molar-refractivity contribution is -0.116. The highest BCUT2D eigenvalue weighted by molar-refractivity contribution is 7.98. The molecule has 28 heavy (non-hydrogen) atoms. The molecule has 1 amide bonds. The Kier molecular flexibility index (Phi) is 6.53. The van der Waals surface area contributed by atoms with Gasteiger partial charge >= 0.3 is 0 Å². The molecule has 9 heteroatoms. The Balaban J connectivity index is 1.91. The van der Waals surface area contributed by atoms with Crippen LogP contribution in [0.5, 0.6) is 0 Å². The van der Waals surface area contributed by atoms with Crippen molar-refractivity contribution >= 4 is 56.6 Å². The van der Waals surface area contributed by atoms with Crippen molar-refractivity contribution in [2.24, 2.45) is 0 Å². The summed E-state index contributed by atoms with van der Waals surface area (Å²) in [4.78, 5) is 35.3. The summed E-state index contributed by atoms with van der Waals surface area (Å²) in [5.74, 6) is 0.491. The zero-order valence-electron chi connectivity index (χ0n) is 15.5. The molecule has 0 saturated carbocycles. The van der Waals surface area contributed by atoms with Crippen LogP contribution >= 0.6 is 34.7 Å². The molecule has 6 nitrogen and oxygen atoms in total. The van der Waals surface area contributed by atoms with Crippen LogP contribution in [0.2, 0.25) is 5.02 Å². The number of benzene rings is 1. The summed E-state index contributed by atoms with van der Waals surface area (Å²) in [6.45, 7) is 8.11. The highest BCUT2D eigenvalue weighted by Crippen LogP contribution is 2.27. The van der Waals surface area contributed by atoms with Crippen molar-refractivity contribution < 1.29 is 4.79 Å². The number of hydrogen-bond acceptors (Lipinski definition) is 6. The molecule has 146 valence electrons. The Morgan fingerprint density at radius 2 is 2.21 bits per heavy atom. The summed E-state index contributed by atoms with van der Waals surface area (Å²) in [5.41, 5.74) is 1.26. The van der Waals surface area contributed by atoms with E-state index in [1.165, 1.54) is 30.0 Å². The fourth-order valence-electron chi connectivity index (χ4n) is 2.69. The van der Waals surface area contributed by atoms with E-state index in [4.69, 9.17) is 11.6 Å². The molecular weight excluding hydrogens is 416 g/mol. The van der Waals surface area contributed by atoms with Gasteiger partial charge in [0.1, 0.15) is 0 Å². The zero-order chi connectivity index (χ0) is 20.3. The normalized spacial score (nSPS) is 11.0. The van der Waals surface area contributed by atoms with Crippen molar-refractivity contribution in [3.63, 3.8) is 0 Å². The Morgan fingerprint density at radius 3 is 2.89 bits per heavy atom. The molecule has 0 spiro atoms. The molecule has 3 aromatic rings. The number of carbonyl (C=O) groups is 1. The standard InChI is InChI=1S/C19H19ClN4O2S2/c1-4-8-24-17(26)15-7-6-13(20)9-16(15)22-19(24)28-11-14-10-27-18(21-14)23(5-2)12(3)25/h4,6-7,9-10H,1,5,8,11H2,2-3H3. The minimum absolute atomic E-state index is 0.0380. The molecule has 0 atom stereocenters. The number of carbonyl (C=O) groups excluding carboxylic acids is 1. The quantitative estimate of drug-likeness (QED) is 0.314. The minimum Gasteiger partial charge on any atom is -0.289 e. The number of allylic oxidation sites excluding steroid dienone is 1. The van der Waals surface area contributed by atoms with Crippen LogP contribution in [0.15, 0.2) is 46.2 Å². The van der Waals surface area contributed by atoms with Gasteiger partial charge in [-0.05, 0) is 25.1 Å². The number of thiazole rings is 1. The van der Waals surface area contributed by atoms with Crippen molar-refractivity contribution in [1.82, 2.24) is 14.5 Å². The fraction of sp³-hybridized carbons (Fsp3) is 0.263. The van der Waals surface area contributed by atoms with E-state index >= 15 is 0 Å². The number of amides is 1. The van der Waals surface area contributed by atoms with Gasteiger partial charge in [-0.3, -0.25) is 19.1 Å². The maximum atomic E-state index is 12.8. The average Bonchev–Trinajstić information content (AvgIpc) is 3.11. The van der Waals surface area contributed by atoms with Crippen LogP contribution < -0.4 is 10.5 Å². The van der Waals surface area contributed by atoms with E-state index in [0.717, 1.165) is 5.69 Å². The predicted molar refractivity (Wildman–Crippen MR) is 117 cm³/mol. The first-order valence-electron chi connectivity index (χ1n) is 8.61. The first-order chi connectivity index (χ1) is 13.4. The summed E-state index contributed by atoms with van der Waals surface area (Å²) in [5, 5.41) is 4.22. The predicted octanol–water partition coefficient (Wildman–Crippen LogP) is 4.36. The molecule has 2 heterocycles. The number of aromatic nitrogens is 3. The van der Waals surface area contributed by atoms with Crippen LogP contribution in [0.1, 0.15) is 19.5 Å². The third kappa shape index (κ3) is 4.29. The van der Waals surface area contributed by atoms with Crippen LogP contribution in [0, 0.1) is 0 Å². The van der Waals surface area contributed by atoms with E-state index in [-0.39, 0.29) is 11.5 Å². The molecule has 2 aromatic heterocycles. The van der Waals surface area contributed by atoms with Gasteiger partial charge in [0.2, 0.25) is 5.91 Å². The highest BCUT2D eigenvalue weighted by atomic mass is 35.5. The number of halogens is 1. The van der Waals surface area contributed by atoms with E-state index < -0.39 is 0 Å². The Bertz CT molecular complexity index is 1090. The van der Waals surface area contributed by atoms with Gasteiger partial charge in [0.15, 0.2) is 10.3 Å². The molecule has 0 N–H and O–H groups in total. The van der Waals surface area contributed by atoms with Crippen molar-refractivity contribution in [3.05, 3.63) is 57.3 Å². The van der Waals surface area contributed by atoms with E-state index in [1.807, 2.05) is 12.3 Å². The van der Waals surface area contributed by atoms with Crippen LogP contribution in [-0.2, 0) is 17.1 Å². The van der Waals surface area contributed by atoms with Crippen molar-refractivity contribution in [1.29, 1.82) is 0 Å². The second-order valence-electron chi connectivity index (χ2n) is 5.93. The minimum atomic E-state index is -0.128. The van der Waals surface area contributed by atoms with Crippen LogP contribution in [0.25, 0.3) is 10.9 Å². The Labute approximate surface area is 175 Å². The number of hydrogen-bond donors (Lipinski definition) is 0. The lowest BCUT2D eigenvalue weighted by atomic mass is 10.2. The van der Waals surface area contributed by atoms with E-state index in [0.29, 0.717) is 45.1 Å². The van der Waals surface area contributed by atoms with Gasteiger partial charge in [-0.25, -0.2) is 9.97 Å². The van der Waals surface area contributed by atoms with Crippen molar-refractivity contribution in [2.45, 2.75) is 31.3 Å². The second-order valence-corrected chi connectivity index (χ2v) is 8.15. The van der Waals surface area contributed by atoms with Gasteiger partial charge < -0.3 is 0 Å². The third-order valence-electron chi connectivity index (χ3n) is 4.01. The molecule has 0 bridgehead atoms. The van der Waals surface area contributed by atoms with Gasteiger partial charge in [-0.1, -0.05) is 29.4 Å². The molecule has 1 aromatic carbocycles. The molecule has 0 radical (unpaired) electrons. The SMILES string of the molecule is C=CCn1c(SCc2csc(N(CC)C(C)=O)n2)nc2cc(Cl)ccc2c1=O. The van der Waals surface area contributed by atoms with Crippen LogP contribution in [0.3, 0.4) is 0 Å². The summed E-state index contributed by atoms with van der Waals surface area (Å²) < 4.78 is 1.59. The third-order valence-corrected chi connectivity index (χ3v) is 6.17. The first-order valence-corrected chi connectivity index (χ1v) is 10.8. The number of anilines is 1. The number of rotatable bonds is 7. The largest absolute Gasteiger partial charge is 0.289 e. The lowest BCUT2D eigenvalue weighted by Crippen LogP contribution is -2.27. The van der Waals surface area contributed by atoms with Gasteiger partial charge in [-0.15, -0.1) is 17.9 Å². The molecule has 0 aliphatic heterocycles. The monoisotopic (exact) mass is 434 g/mol. The van der Waals surface area contributed by atoms with E-state index in [1.54, 1.807) is 33.7 Å². The van der Waals surface area contributed by atoms with Gasteiger partial charge in [0, 0.05) is 36.2 Å². The van der Waals surface area contributed by atoms with Gasteiger partial charge in [0.25, 0.3) is 5.56 Å². The molecule has 0 fully saturated rings. The molecular formula is C19H19ClN4O2S2. The Morgan fingerprint density at radius 1 is 1.43 bits per heavy atom. The molecule has 0 aliphatic carbocycles. The van der Waals surface area contributed by atoms with Crippen LogP contribution in [-0.4, -0.2) is 27.0 Å². The number of nitrogens with zero attached hydrogens (tertiary/aromatic N) is 4. The fourth-order valence-corrected chi connectivity index (χ4v) is 4.80. The first kappa shape index (κ1) is 20.6. The summed E-state index contributed by atoms with van der Waals surface area (Å²) in [6, 6.07) is 5.06. The zero-order valence-corrected chi connectivity index (χ0v) is 17.9. The van der Waals surface area contributed by atoms with Gasteiger partial charge in [0.05, 0.1) is 16.6 Å². The smallest absolute Gasteiger partial charge is 0.262 e. The second kappa shape index (κ2) is 8.89. The van der Waals surface area contributed by atoms with Gasteiger partial charge in [-0.2, -0.15) is 0 Å². The Hall–Kier alpha value is -2.16. The highest BCUT2D eigenvalue weighted by Gasteiger charge is 2.15. The summed E-state index contributed by atoms with van der Waals surface area (Å²) >= 11 is 8.90. The maximum Gasteiger partial charge on any atom is 0.262 e. The lowest BCUT2D eigenvalue weighted by Gasteiger charge is -2.14. The topological polar surface area (TPSA) is 68.1 Å². The van der Waals surface area contributed by atoms with Crippen LogP contribution in [0.4, 0.5) is 5.13 Å². The summed E-state index contributed by atoms with van der Waals surface area (Å²) in [7, 11) is 0. The average molecular weight is 435 g/mol. The van der Waals surface area contributed by atoms with Crippen molar-refractivity contribution in [2.75, 3.05) is 11.4 Å². The van der Waals surface area contributed by atoms with E-state index in [9.17, 15) is 9.59 Å². The maximum absolute atomic E-state index is 12.8. The number of fused-ring (bicyclic) bond motifs is 1. The molecule has 3 rings (SSSR count). The molecule has 0 unspecified atom stereocenters. The number of thioether (sulfide) groups is 1.